The van der Waals surface area contributed by atoms with Gasteiger partial charge in [0.15, 0.2) is 5.16 Å². The molecule has 0 radical (unpaired) electrons. The van der Waals surface area contributed by atoms with Crippen LogP contribution in [0.1, 0.15) is 16.1 Å². The third-order valence-electron chi connectivity index (χ3n) is 4.05. The molecule has 4 aromatic rings. The van der Waals surface area contributed by atoms with Gasteiger partial charge >= 0.3 is 0 Å². The molecule has 4 aromatic heterocycles. The van der Waals surface area contributed by atoms with Gasteiger partial charge in [0, 0.05) is 29.4 Å². The molecular formula is C18H17N5OS2. The number of fused-ring (bicyclic) bond motifs is 1. The maximum Gasteiger partial charge on any atom is 0.258 e. The normalized spacial score (nSPS) is 11.3. The lowest BCUT2D eigenvalue weighted by molar-refractivity contribution is 0.637. The Kier molecular flexibility index (Phi) is 4.85. The van der Waals surface area contributed by atoms with E-state index in [9.17, 15) is 4.79 Å². The minimum absolute atomic E-state index is 0.0616. The first kappa shape index (κ1) is 17.0. The predicted molar refractivity (Wildman–Crippen MR) is 104 cm³/mol. The Morgan fingerprint density at radius 2 is 2.19 bits per heavy atom. The molecular weight excluding hydrogens is 366 g/mol. The van der Waals surface area contributed by atoms with Gasteiger partial charge in [0.05, 0.1) is 5.69 Å². The van der Waals surface area contributed by atoms with E-state index in [0.717, 1.165) is 29.4 Å². The summed E-state index contributed by atoms with van der Waals surface area (Å²) >= 11 is 3.31. The fourth-order valence-electron chi connectivity index (χ4n) is 2.72. The molecule has 0 bridgehead atoms. The van der Waals surface area contributed by atoms with Crippen LogP contribution < -0.4 is 5.56 Å². The highest BCUT2D eigenvalue weighted by atomic mass is 32.2. The average molecular weight is 384 g/mol. The lowest BCUT2D eigenvalue weighted by atomic mass is 10.3. The summed E-state index contributed by atoms with van der Waals surface area (Å²) in [5.74, 6) is 0.581. The molecule has 0 aromatic carbocycles. The van der Waals surface area contributed by atoms with E-state index >= 15 is 0 Å². The molecule has 0 aliphatic carbocycles. The summed E-state index contributed by atoms with van der Waals surface area (Å²) in [5, 5.41) is 11.2. The second kappa shape index (κ2) is 7.43. The zero-order valence-electron chi connectivity index (χ0n) is 14.2. The number of hydrogen-bond acceptors (Lipinski definition) is 6. The van der Waals surface area contributed by atoms with Gasteiger partial charge in [-0.05, 0) is 36.4 Å². The van der Waals surface area contributed by atoms with Crippen LogP contribution in [0.15, 0.2) is 58.2 Å². The smallest absolute Gasteiger partial charge is 0.258 e. The molecule has 0 atom stereocenters. The van der Waals surface area contributed by atoms with Gasteiger partial charge in [0.2, 0.25) is 0 Å². The van der Waals surface area contributed by atoms with Crippen LogP contribution in [-0.4, -0.2) is 24.1 Å². The van der Waals surface area contributed by atoms with Crippen LogP contribution in [0.25, 0.3) is 5.65 Å². The van der Waals surface area contributed by atoms with Gasteiger partial charge in [-0.2, -0.15) is 0 Å². The number of pyridine rings is 1. The third-order valence-corrected chi connectivity index (χ3v) is 6.00. The Bertz CT molecular complexity index is 1080. The van der Waals surface area contributed by atoms with Crippen LogP contribution in [0.5, 0.6) is 0 Å². The summed E-state index contributed by atoms with van der Waals surface area (Å²) in [7, 11) is 0. The van der Waals surface area contributed by atoms with Crippen molar-refractivity contribution in [1.82, 2.24) is 24.1 Å². The largest absolute Gasteiger partial charge is 0.308 e. The topological polar surface area (TPSA) is 65.1 Å². The molecule has 6 nitrogen and oxygen atoms in total. The number of hydrogen-bond donors (Lipinski definition) is 0. The molecule has 0 fully saturated rings. The number of nitrogens with zero attached hydrogens (tertiary/aromatic N) is 5. The molecule has 4 rings (SSSR count). The van der Waals surface area contributed by atoms with Gasteiger partial charge in [-0.3, -0.25) is 9.20 Å². The minimum atomic E-state index is -0.0616. The van der Waals surface area contributed by atoms with Crippen molar-refractivity contribution in [3.63, 3.8) is 0 Å². The minimum Gasteiger partial charge on any atom is -0.308 e. The monoisotopic (exact) mass is 383 g/mol. The highest BCUT2D eigenvalue weighted by Crippen LogP contribution is 2.20. The molecule has 0 saturated carbocycles. The van der Waals surface area contributed by atoms with Crippen LogP contribution in [0.2, 0.25) is 0 Å². The summed E-state index contributed by atoms with van der Waals surface area (Å²) in [6.07, 6.45) is 4.45. The van der Waals surface area contributed by atoms with Gasteiger partial charge in [-0.15, -0.1) is 21.5 Å². The summed E-state index contributed by atoms with van der Waals surface area (Å²) in [5.41, 5.74) is 2.38. The van der Waals surface area contributed by atoms with Crippen LogP contribution in [0, 0.1) is 6.92 Å². The first-order valence-corrected chi connectivity index (χ1v) is 10.1. The van der Waals surface area contributed by atoms with Crippen LogP contribution in [-0.2, 0) is 18.7 Å². The molecule has 0 aliphatic heterocycles. The van der Waals surface area contributed by atoms with Crippen molar-refractivity contribution in [2.45, 2.75) is 30.8 Å². The molecule has 132 valence electrons. The van der Waals surface area contributed by atoms with Crippen molar-refractivity contribution in [2.75, 3.05) is 0 Å². The van der Waals surface area contributed by atoms with Gasteiger partial charge < -0.3 is 4.57 Å². The van der Waals surface area contributed by atoms with Crippen molar-refractivity contribution in [3.8, 4) is 0 Å². The second-order valence-electron chi connectivity index (χ2n) is 5.90. The molecule has 0 spiro atoms. The van der Waals surface area contributed by atoms with E-state index in [4.69, 9.17) is 0 Å². The highest BCUT2D eigenvalue weighted by molar-refractivity contribution is 7.98. The van der Waals surface area contributed by atoms with Crippen molar-refractivity contribution < 1.29 is 0 Å². The van der Waals surface area contributed by atoms with Crippen molar-refractivity contribution >= 4 is 28.7 Å². The van der Waals surface area contributed by atoms with Gasteiger partial charge in [0.25, 0.3) is 5.56 Å². The summed E-state index contributed by atoms with van der Waals surface area (Å²) in [6, 6.07) is 9.60. The molecule has 0 aliphatic rings. The fraction of sp³-hybridized carbons (Fsp3) is 0.222. The van der Waals surface area contributed by atoms with E-state index in [0.29, 0.717) is 11.4 Å². The average Bonchev–Trinajstić information content (AvgIpc) is 3.30. The zero-order valence-corrected chi connectivity index (χ0v) is 15.8. The highest BCUT2D eigenvalue weighted by Gasteiger charge is 2.09. The standard InChI is InChI=1S/C18H17N5OS2/c1-13-4-2-7-23-16(24)10-14(20-17(13)23)11-26-18-21-19-12-22(18)8-6-15-5-3-9-25-15/h2-5,7,9-10,12H,6,8,11H2,1H3. The Morgan fingerprint density at radius 1 is 1.27 bits per heavy atom. The number of aryl methyl sites for hydroxylation is 3. The molecule has 26 heavy (non-hydrogen) atoms. The van der Waals surface area contributed by atoms with Crippen molar-refractivity contribution in [1.29, 1.82) is 0 Å². The van der Waals surface area contributed by atoms with Crippen LogP contribution >= 0.6 is 23.1 Å². The lowest BCUT2D eigenvalue weighted by Crippen LogP contribution is -2.15. The lowest BCUT2D eigenvalue weighted by Gasteiger charge is -2.07. The molecule has 8 heteroatoms. The van der Waals surface area contributed by atoms with E-state index in [1.807, 2.05) is 23.6 Å². The van der Waals surface area contributed by atoms with Crippen LogP contribution in [0.4, 0.5) is 0 Å². The SMILES string of the molecule is Cc1cccn2c(=O)cc(CSc3nncn3CCc3cccs3)nc12. The van der Waals surface area contributed by atoms with Crippen molar-refractivity contribution in [2.24, 2.45) is 0 Å². The molecule has 0 saturated heterocycles. The zero-order chi connectivity index (χ0) is 17.9. The molecule has 4 heterocycles. The number of aromatic nitrogens is 5. The van der Waals surface area contributed by atoms with E-state index in [1.165, 1.54) is 4.88 Å². The molecule has 0 N–H and O–H groups in total. The van der Waals surface area contributed by atoms with Gasteiger partial charge in [0.1, 0.15) is 12.0 Å². The van der Waals surface area contributed by atoms with E-state index in [-0.39, 0.29) is 5.56 Å². The summed E-state index contributed by atoms with van der Waals surface area (Å²) < 4.78 is 3.62. The molecule has 0 amide bonds. The number of thioether (sulfide) groups is 1. The Balaban J connectivity index is 1.49. The van der Waals surface area contributed by atoms with E-state index < -0.39 is 0 Å². The van der Waals surface area contributed by atoms with E-state index in [2.05, 4.69) is 32.7 Å². The summed E-state index contributed by atoms with van der Waals surface area (Å²) in [4.78, 5) is 18.3. The fourth-order valence-corrected chi connectivity index (χ4v) is 4.25. The predicted octanol–water partition coefficient (Wildman–Crippen LogP) is 3.19. The third kappa shape index (κ3) is 3.56. The maximum atomic E-state index is 12.3. The van der Waals surface area contributed by atoms with Gasteiger partial charge in [-0.1, -0.05) is 23.9 Å². The quantitative estimate of drug-likeness (QED) is 0.479. The Morgan fingerprint density at radius 3 is 3.04 bits per heavy atom. The number of rotatable bonds is 6. The Hall–Kier alpha value is -2.45. The summed E-state index contributed by atoms with van der Waals surface area (Å²) in [6.45, 7) is 2.79. The Labute approximate surface area is 158 Å². The first-order chi connectivity index (χ1) is 12.7. The van der Waals surface area contributed by atoms with Gasteiger partial charge in [-0.25, -0.2) is 4.98 Å². The van der Waals surface area contributed by atoms with Crippen molar-refractivity contribution in [3.05, 3.63) is 74.7 Å². The van der Waals surface area contributed by atoms with Crippen LogP contribution in [0.3, 0.4) is 0 Å². The first-order valence-electron chi connectivity index (χ1n) is 8.21. The van der Waals surface area contributed by atoms with E-state index in [1.54, 1.807) is 46.1 Å². The maximum absolute atomic E-state index is 12.3. The second-order valence-corrected chi connectivity index (χ2v) is 7.87. The number of thiophene rings is 1. The molecule has 0 unspecified atom stereocenters.